The van der Waals surface area contributed by atoms with Crippen molar-refractivity contribution in [3.63, 3.8) is 0 Å². The van der Waals surface area contributed by atoms with E-state index in [1.807, 2.05) is 12.3 Å². The Morgan fingerprint density at radius 3 is 2.17 bits per heavy atom. The van der Waals surface area contributed by atoms with E-state index in [4.69, 9.17) is 32.7 Å². The second-order valence-corrected chi connectivity index (χ2v) is 9.66. The molecule has 1 N–H and O–H groups in total. The topological polar surface area (TPSA) is 86.2 Å². The van der Waals surface area contributed by atoms with Gasteiger partial charge in [-0.15, -0.1) is 10.2 Å². The molecule has 1 aromatic carbocycles. The molecule has 2 aromatic heterocycles. The monoisotopic (exact) mass is 452 g/mol. The van der Waals surface area contributed by atoms with Gasteiger partial charge in [-0.3, -0.25) is 9.78 Å². The minimum absolute atomic E-state index is 0.313. The normalized spacial score (nSPS) is 13.8. The molecule has 2 heterocycles. The lowest BCUT2D eigenvalue weighted by Crippen LogP contribution is -2.28. The van der Waals surface area contributed by atoms with Crippen molar-refractivity contribution >= 4 is 39.3 Å². The van der Waals surface area contributed by atoms with Crippen LogP contribution in [0.5, 0.6) is 11.5 Å². The quantitative estimate of drug-likeness (QED) is 0.596. The molecule has 0 aliphatic carbocycles. The highest BCUT2D eigenvalue weighted by Crippen LogP contribution is 2.61. The molecule has 1 unspecified atom stereocenters. The zero-order valence-electron chi connectivity index (χ0n) is 15.8. The van der Waals surface area contributed by atoms with Gasteiger partial charge >= 0.3 is 0 Å². The van der Waals surface area contributed by atoms with Gasteiger partial charge in [-0.05, 0) is 24.5 Å². The molecular formula is C19H18Cl2N4O3S. The SMILES string of the molecule is COc1ccc(S(C)(NC(=O)c2cncnc2)c2c(Cl)cncc2Cl)cc1OC. The fourth-order valence-electron chi connectivity index (χ4n) is 2.75. The molecule has 7 nitrogen and oxygen atoms in total. The number of aromatic nitrogens is 3. The predicted octanol–water partition coefficient (Wildman–Crippen LogP) is 4.39. The van der Waals surface area contributed by atoms with E-state index >= 15 is 0 Å². The van der Waals surface area contributed by atoms with Gasteiger partial charge in [0.2, 0.25) is 0 Å². The van der Waals surface area contributed by atoms with Crippen molar-refractivity contribution in [2.75, 3.05) is 20.5 Å². The van der Waals surface area contributed by atoms with Gasteiger partial charge in [0.05, 0.1) is 34.7 Å². The summed E-state index contributed by atoms with van der Waals surface area (Å²) in [4.78, 5) is 26.1. The van der Waals surface area contributed by atoms with E-state index < -0.39 is 10.2 Å². The highest BCUT2D eigenvalue weighted by atomic mass is 35.5. The third kappa shape index (κ3) is 4.24. The number of halogens is 2. The van der Waals surface area contributed by atoms with E-state index in [0.717, 1.165) is 4.90 Å². The van der Waals surface area contributed by atoms with Crippen LogP contribution in [0.15, 0.2) is 59.1 Å². The molecule has 0 aliphatic heterocycles. The first-order valence-electron chi connectivity index (χ1n) is 8.27. The molecule has 10 heteroatoms. The smallest absolute Gasteiger partial charge is 0.263 e. The number of rotatable bonds is 6. The van der Waals surface area contributed by atoms with E-state index in [9.17, 15) is 4.79 Å². The number of nitrogens with zero attached hydrogens (tertiary/aromatic N) is 3. The number of amides is 1. The summed E-state index contributed by atoms with van der Waals surface area (Å²) in [7, 11) is 0.838. The van der Waals surface area contributed by atoms with Gasteiger partial charge in [-0.2, -0.15) is 0 Å². The Morgan fingerprint density at radius 1 is 0.966 bits per heavy atom. The minimum atomic E-state index is -2.26. The summed E-state index contributed by atoms with van der Waals surface area (Å²) in [6.07, 6.45) is 9.09. The Balaban J connectivity index is 2.18. The van der Waals surface area contributed by atoms with E-state index in [2.05, 4.69) is 19.7 Å². The number of hydrogen-bond acceptors (Lipinski definition) is 6. The van der Waals surface area contributed by atoms with E-state index in [1.165, 1.54) is 31.1 Å². The number of methoxy groups -OCH3 is 2. The van der Waals surface area contributed by atoms with Crippen LogP contribution in [0.25, 0.3) is 0 Å². The van der Waals surface area contributed by atoms with E-state index in [1.54, 1.807) is 26.4 Å². The lowest BCUT2D eigenvalue weighted by atomic mass is 10.3. The Morgan fingerprint density at radius 2 is 1.59 bits per heavy atom. The molecule has 3 aromatic rings. The van der Waals surface area contributed by atoms with Gasteiger partial charge in [0, 0.05) is 29.7 Å². The van der Waals surface area contributed by atoms with Gasteiger partial charge in [0.25, 0.3) is 5.91 Å². The molecule has 3 rings (SSSR count). The number of carbonyl (C=O) groups excluding carboxylic acids is 1. The van der Waals surface area contributed by atoms with Crippen LogP contribution in [-0.2, 0) is 0 Å². The Bertz CT molecular complexity index is 1020. The van der Waals surface area contributed by atoms with Crippen LogP contribution in [0.3, 0.4) is 0 Å². The number of pyridine rings is 1. The number of carbonyl (C=O) groups is 1. The average Bonchev–Trinajstić information content (AvgIpc) is 2.73. The summed E-state index contributed by atoms with van der Waals surface area (Å²) in [5, 5.41) is 0.684. The average molecular weight is 453 g/mol. The second-order valence-electron chi connectivity index (χ2n) is 5.93. The fraction of sp³-hybridized carbons (Fsp3) is 0.158. The van der Waals surface area contributed by atoms with Crippen molar-refractivity contribution in [3.8, 4) is 11.5 Å². The van der Waals surface area contributed by atoms with Crippen LogP contribution in [-0.4, -0.2) is 41.3 Å². The third-order valence-electron chi connectivity index (χ3n) is 4.16. The maximum atomic E-state index is 13.0. The molecule has 1 atom stereocenters. The molecule has 152 valence electrons. The molecule has 0 saturated heterocycles. The van der Waals surface area contributed by atoms with Crippen molar-refractivity contribution < 1.29 is 14.3 Å². The summed E-state index contributed by atoms with van der Waals surface area (Å²) in [5.74, 6) is 0.719. The summed E-state index contributed by atoms with van der Waals surface area (Å²) in [6, 6.07) is 5.40. The van der Waals surface area contributed by atoms with Crippen molar-refractivity contribution in [2.45, 2.75) is 9.79 Å². The lowest BCUT2D eigenvalue weighted by molar-refractivity contribution is 0.0982. The van der Waals surface area contributed by atoms with Crippen molar-refractivity contribution in [1.29, 1.82) is 0 Å². The Labute approximate surface area is 179 Å². The molecule has 0 radical (unpaired) electrons. The number of nitrogens with one attached hydrogen (secondary N) is 1. The predicted molar refractivity (Wildman–Crippen MR) is 113 cm³/mol. The summed E-state index contributed by atoms with van der Waals surface area (Å²) in [5.41, 5.74) is 0.313. The standard InChI is InChI=1S/C19H18Cl2N4O3S/c1-27-16-5-4-13(6-17(16)28-2)29(3,18-14(20)9-22-10-15(18)21)25-19(26)12-7-23-11-24-8-12/h4-11H,1-3H3,(H,25,26). The van der Waals surface area contributed by atoms with Crippen LogP contribution in [0.1, 0.15) is 10.4 Å². The minimum Gasteiger partial charge on any atom is -0.493 e. The second kappa shape index (κ2) is 8.86. The highest BCUT2D eigenvalue weighted by molar-refractivity contribution is 8.32. The summed E-state index contributed by atoms with van der Waals surface area (Å²) >= 11 is 12.9. The first kappa shape index (κ1) is 21.2. The zero-order valence-corrected chi connectivity index (χ0v) is 18.2. The molecule has 0 fully saturated rings. The van der Waals surface area contributed by atoms with Crippen molar-refractivity contribution in [3.05, 3.63) is 64.9 Å². The number of benzene rings is 1. The maximum absolute atomic E-state index is 13.0. The van der Waals surface area contributed by atoms with Crippen LogP contribution < -0.4 is 14.2 Å². The molecule has 0 spiro atoms. The lowest BCUT2D eigenvalue weighted by Gasteiger charge is -2.38. The maximum Gasteiger partial charge on any atom is 0.263 e. The largest absolute Gasteiger partial charge is 0.493 e. The van der Waals surface area contributed by atoms with Gasteiger partial charge in [-0.25, -0.2) is 9.97 Å². The molecule has 1 amide bonds. The third-order valence-corrected chi connectivity index (χ3v) is 8.01. The van der Waals surface area contributed by atoms with E-state index in [0.29, 0.717) is 32.0 Å². The molecule has 0 saturated carbocycles. The first-order valence-corrected chi connectivity index (χ1v) is 11.1. The van der Waals surface area contributed by atoms with Crippen molar-refractivity contribution in [1.82, 2.24) is 19.7 Å². The zero-order chi connectivity index (χ0) is 21.0. The van der Waals surface area contributed by atoms with Gasteiger partial charge in [0.15, 0.2) is 11.5 Å². The van der Waals surface area contributed by atoms with E-state index in [-0.39, 0.29) is 5.91 Å². The molecule has 29 heavy (non-hydrogen) atoms. The van der Waals surface area contributed by atoms with Crippen LogP contribution in [0.4, 0.5) is 0 Å². The number of hydrogen-bond donors (Lipinski definition) is 1. The fourth-order valence-corrected chi connectivity index (χ4v) is 6.55. The Hall–Kier alpha value is -2.55. The Kier molecular flexibility index (Phi) is 6.46. The summed E-state index contributed by atoms with van der Waals surface area (Å²) < 4.78 is 13.8. The van der Waals surface area contributed by atoms with Gasteiger partial charge < -0.3 is 14.2 Å². The van der Waals surface area contributed by atoms with Gasteiger partial charge in [-0.1, -0.05) is 23.2 Å². The molecule has 0 aliphatic rings. The summed E-state index contributed by atoms with van der Waals surface area (Å²) in [6.45, 7) is 0. The van der Waals surface area contributed by atoms with Crippen LogP contribution >= 0.6 is 33.4 Å². The first-order chi connectivity index (χ1) is 13.9. The molecule has 0 bridgehead atoms. The van der Waals surface area contributed by atoms with Crippen LogP contribution in [0, 0.1) is 0 Å². The highest BCUT2D eigenvalue weighted by Gasteiger charge is 2.32. The van der Waals surface area contributed by atoms with Gasteiger partial charge in [0.1, 0.15) is 6.33 Å². The van der Waals surface area contributed by atoms with Crippen molar-refractivity contribution in [2.24, 2.45) is 0 Å². The van der Waals surface area contributed by atoms with Crippen LogP contribution in [0.2, 0.25) is 10.0 Å². The molecular weight excluding hydrogens is 435 g/mol. The number of ether oxygens (including phenoxy) is 2.